The molecule has 1 fully saturated rings. The number of aromatic hydroxyl groups is 1. The summed E-state index contributed by atoms with van der Waals surface area (Å²) in [6, 6.07) is 5.98. The van der Waals surface area contributed by atoms with Gasteiger partial charge in [0, 0.05) is 24.8 Å². The molecule has 0 unspecified atom stereocenters. The van der Waals surface area contributed by atoms with Gasteiger partial charge in [-0.3, -0.25) is 4.98 Å². The number of fused-ring (bicyclic) bond motifs is 2. The lowest BCUT2D eigenvalue weighted by Gasteiger charge is -2.23. The topological polar surface area (TPSA) is 71.4 Å². The summed E-state index contributed by atoms with van der Waals surface area (Å²) < 4.78 is 36.0. The second-order valence-corrected chi connectivity index (χ2v) is 8.59. The SMILES string of the molecule is CCc1c(F)ccc2cc(O)cc(-c3ncc4c(N5CCCCCC5)nc(OC)nc4c3F)c12. The predicted molar refractivity (Wildman–Crippen MR) is 128 cm³/mol. The first-order valence-electron chi connectivity index (χ1n) is 11.6. The first kappa shape index (κ1) is 22.3. The van der Waals surface area contributed by atoms with Gasteiger partial charge >= 0.3 is 6.01 Å². The molecule has 2 aromatic carbocycles. The largest absolute Gasteiger partial charge is 0.508 e. The monoisotopic (exact) mass is 464 g/mol. The zero-order valence-electron chi connectivity index (χ0n) is 19.2. The Morgan fingerprint density at radius 3 is 2.53 bits per heavy atom. The van der Waals surface area contributed by atoms with E-state index in [1.807, 2.05) is 6.92 Å². The molecule has 0 amide bonds. The molecule has 8 heteroatoms. The smallest absolute Gasteiger partial charge is 0.318 e. The Bertz CT molecular complexity index is 1390. The fraction of sp³-hybridized carbons (Fsp3) is 0.346. The third-order valence-electron chi connectivity index (χ3n) is 6.49. The Morgan fingerprint density at radius 1 is 1.06 bits per heavy atom. The Kier molecular flexibility index (Phi) is 5.89. The van der Waals surface area contributed by atoms with Gasteiger partial charge in [0.25, 0.3) is 0 Å². The highest BCUT2D eigenvalue weighted by atomic mass is 19.1. The number of aryl methyl sites for hydroxylation is 1. The van der Waals surface area contributed by atoms with Crippen molar-refractivity contribution in [3.63, 3.8) is 0 Å². The van der Waals surface area contributed by atoms with Crippen LogP contribution in [0.15, 0.2) is 30.5 Å². The number of methoxy groups -OCH3 is 1. The Labute approximate surface area is 196 Å². The third-order valence-corrected chi connectivity index (χ3v) is 6.49. The van der Waals surface area contributed by atoms with E-state index in [9.17, 15) is 9.50 Å². The molecular formula is C26H26F2N4O2. The highest BCUT2D eigenvalue weighted by Gasteiger charge is 2.23. The maximum absolute atomic E-state index is 16.1. The van der Waals surface area contributed by atoms with Crippen molar-refractivity contribution in [1.29, 1.82) is 0 Å². The summed E-state index contributed by atoms with van der Waals surface area (Å²) in [5.74, 6) is -0.492. The van der Waals surface area contributed by atoms with Crippen molar-refractivity contribution in [2.75, 3.05) is 25.1 Å². The third kappa shape index (κ3) is 3.77. The number of pyridine rings is 1. The minimum absolute atomic E-state index is 0.00345. The predicted octanol–water partition coefficient (Wildman–Crippen LogP) is 5.78. The van der Waals surface area contributed by atoms with Gasteiger partial charge in [-0.1, -0.05) is 25.8 Å². The zero-order valence-corrected chi connectivity index (χ0v) is 19.2. The minimum Gasteiger partial charge on any atom is -0.508 e. The summed E-state index contributed by atoms with van der Waals surface area (Å²) >= 11 is 0. The van der Waals surface area contributed by atoms with Crippen LogP contribution in [0.25, 0.3) is 32.9 Å². The summed E-state index contributed by atoms with van der Waals surface area (Å²) in [5.41, 5.74) is 0.845. The Morgan fingerprint density at radius 2 is 1.82 bits per heavy atom. The number of rotatable bonds is 4. The fourth-order valence-corrected chi connectivity index (χ4v) is 4.86. The van der Waals surface area contributed by atoms with Crippen molar-refractivity contribution in [1.82, 2.24) is 15.0 Å². The lowest BCUT2D eigenvalue weighted by Crippen LogP contribution is -2.25. The van der Waals surface area contributed by atoms with Gasteiger partial charge in [-0.2, -0.15) is 9.97 Å². The molecule has 1 aliphatic heterocycles. The van der Waals surface area contributed by atoms with Crippen LogP contribution in [0.1, 0.15) is 38.2 Å². The van der Waals surface area contributed by atoms with E-state index < -0.39 is 5.82 Å². The molecule has 1 aliphatic rings. The lowest BCUT2D eigenvalue weighted by atomic mass is 9.94. The molecule has 2 aromatic heterocycles. The van der Waals surface area contributed by atoms with Crippen LogP contribution in [0.3, 0.4) is 0 Å². The van der Waals surface area contributed by atoms with Crippen LogP contribution >= 0.6 is 0 Å². The summed E-state index contributed by atoms with van der Waals surface area (Å²) in [4.78, 5) is 15.4. The number of halogens is 2. The number of ether oxygens (including phenoxy) is 1. The van der Waals surface area contributed by atoms with Crippen LogP contribution in [0, 0.1) is 11.6 Å². The van der Waals surface area contributed by atoms with E-state index in [-0.39, 0.29) is 28.8 Å². The molecule has 0 saturated carbocycles. The molecule has 1 saturated heterocycles. The minimum atomic E-state index is -0.660. The van der Waals surface area contributed by atoms with Gasteiger partial charge in [-0.15, -0.1) is 0 Å². The lowest BCUT2D eigenvalue weighted by molar-refractivity contribution is 0.381. The Balaban J connectivity index is 1.78. The number of hydrogen-bond donors (Lipinski definition) is 1. The maximum atomic E-state index is 16.1. The summed E-state index contributed by atoms with van der Waals surface area (Å²) in [6.07, 6.45) is 6.33. The Hall–Kier alpha value is -3.55. The molecule has 0 bridgehead atoms. The van der Waals surface area contributed by atoms with Gasteiger partial charge in [-0.25, -0.2) is 8.78 Å². The summed E-state index contributed by atoms with van der Waals surface area (Å²) in [5, 5.41) is 12.0. The molecule has 0 radical (unpaired) electrons. The molecule has 3 heterocycles. The average molecular weight is 465 g/mol. The molecule has 0 spiro atoms. The second-order valence-electron chi connectivity index (χ2n) is 8.59. The van der Waals surface area contributed by atoms with E-state index >= 15 is 4.39 Å². The van der Waals surface area contributed by atoms with E-state index in [0.29, 0.717) is 39.5 Å². The first-order valence-corrected chi connectivity index (χ1v) is 11.6. The van der Waals surface area contributed by atoms with E-state index in [0.717, 1.165) is 38.8 Å². The summed E-state index contributed by atoms with van der Waals surface area (Å²) in [7, 11) is 1.45. The van der Waals surface area contributed by atoms with Crippen LogP contribution in [0.4, 0.5) is 14.6 Å². The summed E-state index contributed by atoms with van der Waals surface area (Å²) in [6.45, 7) is 3.47. The van der Waals surface area contributed by atoms with Crippen molar-refractivity contribution in [2.45, 2.75) is 39.0 Å². The van der Waals surface area contributed by atoms with Crippen molar-refractivity contribution >= 4 is 27.5 Å². The number of phenols is 1. The molecule has 6 nitrogen and oxygen atoms in total. The number of anilines is 1. The average Bonchev–Trinajstić information content (AvgIpc) is 3.13. The number of hydrogen-bond acceptors (Lipinski definition) is 6. The number of benzene rings is 2. The van der Waals surface area contributed by atoms with Gasteiger partial charge < -0.3 is 14.7 Å². The zero-order chi connectivity index (χ0) is 23.8. The van der Waals surface area contributed by atoms with Gasteiger partial charge in [0.1, 0.15) is 28.6 Å². The number of nitrogens with zero attached hydrogens (tertiary/aromatic N) is 4. The van der Waals surface area contributed by atoms with Gasteiger partial charge in [0.2, 0.25) is 0 Å². The standard InChI is InChI=1S/C26H26F2N4O2/c1-3-17-20(27)9-8-15-12-16(33)13-18(21(15)17)23-22(28)24-19(14-29-23)25(31-26(30-24)34-2)32-10-6-4-5-7-11-32/h8-9,12-14,33H,3-7,10-11H2,1-2H3. The molecule has 0 atom stereocenters. The van der Waals surface area contributed by atoms with Crippen LogP contribution in [0.5, 0.6) is 11.8 Å². The highest BCUT2D eigenvalue weighted by molar-refractivity contribution is 6.01. The van der Waals surface area contributed by atoms with Gasteiger partial charge in [0.15, 0.2) is 5.82 Å². The fourth-order valence-electron chi connectivity index (χ4n) is 4.86. The molecule has 0 aliphatic carbocycles. The van der Waals surface area contributed by atoms with E-state index in [2.05, 4.69) is 19.9 Å². The molecule has 5 rings (SSSR count). The highest BCUT2D eigenvalue weighted by Crippen LogP contribution is 2.39. The molecule has 4 aromatic rings. The molecule has 1 N–H and O–H groups in total. The van der Waals surface area contributed by atoms with E-state index in [1.54, 1.807) is 18.3 Å². The normalized spacial score (nSPS) is 14.5. The van der Waals surface area contributed by atoms with Crippen molar-refractivity contribution < 1.29 is 18.6 Å². The van der Waals surface area contributed by atoms with Crippen LogP contribution < -0.4 is 9.64 Å². The van der Waals surface area contributed by atoms with Crippen molar-refractivity contribution in [2.24, 2.45) is 0 Å². The maximum Gasteiger partial charge on any atom is 0.318 e. The quantitative estimate of drug-likeness (QED) is 0.413. The van der Waals surface area contributed by atoms with E-state index in [4.69, 9.17) is 4.74 Å². The van der Waals surface area contributed by atoms with Crippen LogP contribution in [0.2, 0.25) is 0 Å². The van der Waals surface area contributed by atoms with Crippen LogP contribution in [-0.2, 0) is 6.42 Å². The number of aromatic nitrogens is 3. The molecular weight excluding hydrogens is 438 g/mol. The number of phenolic OH excluding ortho intramolecular Hbond substituents is 1. The van der Waals surface area contributed by atoms with E-state index in [1.165, 1.54) is 19.2 Å². The van der Waals surface area contributed by atoms with Crippen LogP contribution in [-0.4, -0.2) is 40.3 Å². The second kappa shape index (κ2) is 9.00. The van der Waals surface area contributed by atoms with Crippen molar-refractivity contribution in [3.8, 4) is 23.0 Å². The van der Waals surface area contributed by atoms with Gasteiger partial charge in [-0.05, 0) is 53.8 Å². The first-order chi connectivity index (χ1) is 16.5. The molecule has 34 heavy (non-hydrogen) atoms. The van der Waals surface area contributed by atoms with Crippen molar-refractivity contribution in [3.05, 3.63) is 47.7 Å². The molecule has 176 valence electrons. The van der Waals surface area contributed by atoms with Gasteiger partial charge in [0.05, 0.1) is 12.5 Å².